The van der Waals surface area contributed by atoms with Crippen molar-refractivity contribution in [3.8, 4) is 11.5 Å². The summed E-state index contributed by atoms with van der Waals surface area (Å²) in [5, 5.41) is 0. The summed E-state index contributed by atoms with van der Waals surface area (Å²) in [5.41, 5.74) is 2.93. The number of ether oxygens (including phenoxy) is 4. The summed E-state index contributed by atoms with van der Waals surface area (Å²) in [4.78, 5) is 14.9. The van der Waals surface area contributed by atoms with Gasteiger partial charge in [0.2, 0.25) is 6.79 Å². The van der Waals surface area contributed by atoms with Crippen molar-refractivity contribution in [2.24, 2.45) is 0 Å². The zero-order chi connectivity index (χ0) is 16.4. The van der Waals surface area contributed by atoms with Gasteiger partial charge >= 0.3 is 5.97 Å². The molecule has 1 saturated heterocycles. The third-order valence-electron chi connectivity index (χ3n) is 5.64. The first-order valence-electron chi connectivity index (χ1n) is 8.25. The molecule has 0 N–H and O–H groups in total. The Morgan fingerprint density at radius 1 is 1.25 bits per heavy atom. The van der Waals surface area contributed by atoms with Crippen molar-refractivity contribution in [1.82, 2.24) is 4.90 Å². The van der Waals surface area contributed by atoms with Gasteiger partial charge in [0.25, 0.3) is 0 Å². The number of likely N-dealkylation sites (tertiary alicyclic amines) is 1. The van der Waals surface area contributed by atoms with Gasteiger partial charge in [-0.3, -0.25) is 4.90 Å². The van der Waals surface area contributed by atoms with Crippen LogP contribution in [0.4, 0.5) is 0 Å². The smallest absolute Gasteiger partial charge is 0.338 e. The molecule has 3 aliphatic heterocycles. The molecule has 1 aromatic carbocycles. The molecule has 1 aliphatic carbocycles. The summed E-state index contributed by atoms with van der Waals surface area (Å²) in [6.45, 7) is 1.19. The minimum atomic E-state index is -0.316. The molecular formula is C18H19NO5. The lowest BCUT2D eigenvalue weighted by molar-refractivity contribution is -0.0468. The summed E-state index contributed by atoms with van der Waals surface area (Å²) in [6, 6.07) is 3.94. The number of hydrogen-bond donors (Lipinski definition) is 0. The van der Waals surface area contributed by atoms with Crippen LogP contribution >= 0.6 is 0 Å². The molecule has 0 saturated carbocycles. The van der Waals surface area contributed by atoms with Gasteiger partial charge in [0.15, 0.2) is 11.5 Å². The SMILES string of the molecule is CO[C@@H]1C=C2CCN(C)[C@@H]2C2c3cc4c(cc3C(=O)O[C@@H]21)OCO4. The van der Waals surface area contributed by atoms with Gasteiger partial charge < -0.3 is 18.9 Å². The van der Waals surface area contributed by atoms with Crippen LogP contribution in [0.25, 0.3) is 0 Å². The van der Waals surface area contributed by atoms with E-state index in [0.29, 0.717) is 17.1 Å². The van der Waals surface area contributed by atoms with Crippen LogP contribution in [0.15, 0.2) is 23.8 Å². The van der Waals surface area contributed by atoms with Crippen LogP contribution in [0.3, 0.4) is 0 Å². The van der Waals surface area contributed by atoms with Crippen molar-refractivity contribution >= 4 is 5.97 Å². The third kappa shape index (κ3) is 1.81. The molecule has 0 bridgehead atoms. The molecule has 0 spiro atoms. The van der Waals surface area contributed by atoms with Gasteiger partial charge in [-0.2, -0.15) is 0 Å². The number of likely N-dealkylation sites (N-methyl/N-ethyl adjacent to an activating group) is 1. The van der Waals surface area contributed by atoms with E-state index in [0.717, 1.165) is 18.5 Å². The van der Waals surface area contributed by atoms with Gasteiger partial charge in [-0.15, -0.1) is 0 Å². The van der Waals surface area contributed by atoms with E-state index in [1.807, 2.05) is 6.07 Å². The molecule has 5 rings (SSSR count). The van der Waals surface area contributed by atoms with Crippen molar-refractivity contribution in [3.63, 3.8) is 0 Å². The molecule has 3 heterocycles. The maximum atomic E-state index is 12.6. The van der Waals surface area contributed by atoms with Crippen molar-refractivity contribution < 1.29 is 23.7 Å². The number of methoxy groups -OCH3 is 1. The second-order valence-corrected chi connectivity index (χ2v) is 6.81. The van der Waals surface area contributed by atoms with Gasteiger partial charge in [-0.05, 0) is 31.2 Å². The number of hydrogen-bond acceptors (Lipinski definition) is 6. The highest BCUT2D eigenvalue weighted by molar-refractivity contribution is 5.94. The summed E-state index contributed by atoms with van der Waals surface area (Å²) < 4.78 is 22.4. The van der Waals surface area contributed by atoms with E-state index in [4.69, 9.17) is 18.9 Å². The minimum absolute atomic E-state index is 0.0460. The average molecular weight is 329 g/mol. The number of carbonyl (C=O) groups excluding carboxylic acids is 1. The fourth-order valence-electron chi connectivity index (χ4n) is 4.54. The van der Waals surface area contributed by atoms with Crippen molar-refractivity contribution in [3.05, 3.63) is 34.9 Å². The predicted molar refractivity (Wildman–Crippen MR) is 84.4 cm³/mol. The standard InChI is InChI=1S/C18H19NO5/c1-19-4-3-9-5-14(21-2)17-15(16(9)19)10-6-12-13(23-8-22-12)7-11(10)18(20)24-17/h5-7,14-17H,3-4,8H2,1-2H3/t14-,15?,16+,17-/m1/s1. The molecule has 1 fully saturated rings. The molecule has 126 valence electrons. The van der Waals surface area contributed by atoms with E-state index >= 15 is 0 Å². The normalized spacial score (nSPS) is 33.4. The van der Waals surface area contributed by atoms with E-state index in [1.54, 1.807) is 13.2 Å². The van der Waals surface area contributed by atoms with Crippen LogP contribution < -0.4 is 9.47 Å². The van der Waals surface area contributed by atoms with Crippen molar-refractivity contribution in [1.29, 1.82) is 0 Å². The topological polar surface area (TPSA) is 57.2 Å². The Morgan fingerprint density at radius 2 is 2.04 bits per heavy atom. The van der Waals surface area contributed by atoms with Crippen LogP contribution in [-0.4, -0.2) is 56.6 Å². The van der Waals surface area contributed by atoms with E-state index in [9.17, 15) is 4.79 Å². The lowest BCUT2D eigenvalue weighted by Gasteiger charge is -2.44. The summed E-state index contributed by atoms with van der Waals surface area (Å²) in [7, 11) is 3.79. The van der Waals surface area contributed by atoms with Crippen molar-refractivity contribution in [2.75, 3.05) is 27.5 Å². The second kappa shape index (κ2) is 4.97. The van der Waals surface area contributed by atoms with Gasteiger partial charge in [0.1, 0.15) is 12.2 Å². The molecule has 0 radical (unpaired) electrons. The lowest BCUT2D eigenvalue weighted by Crippen LogP contribution is -2.51. The highest BCUT2D eigenvalue weighted by Crippen LogP contribution is 2.49. The Morgan fingerprint density at radius 3 is 2.83 bits per heavy atom. The minimum Gasteiger partial charge on any atom is -0.455 e. The number of nitrogens with zero attached hydrogens (tertiary/aromatic N) is 1. The van der Waals surface area contributed by atoms with Crippen LogP contribution in [-0.2, 0) is 9.47 Å². The maximum absolute atomic E-state index is 12.6. The number of benzene rings is 1. The van der Waals surface area contributed by atoms with Gasteiger partial charge in [-0.1, -0.05) is 11.6 Å². The van der Waals surface area contributed by atoms with Crippen LogP contribution in [0.5, 0.6) is 11.5 Å². The Labute approximate surface area is 139 Å². The highest BCUT2D eigenvalue weighted by Gasteiger charge is 2.51. The second-order valence-electron chi connectivity index (χ2n) is 6.81. The Bertz CT molecular complexity index is 758. The summed E-state index contributed by atoms with van der Waals surface area (Å²) in [6.07, 6.45) is 2.64. The molecule has 0 amide bonds. The Hall–Kier alpha value is -2.05. The molecule has 24 heavy (non-hydrogen) atoms. The molecule has 6 heteroatoms. The van der Waals surface area contributed by atoms with E-state index in [2.05, 4.69) is 18.0 Å². The fourth-order valence-corrected chi connectivity index (χ4v) is 4.54. The first kappa shape index (κ1) is 14.3. The number of esters is 1. The summed E-state index contributed by atoms with van der Waals surface area (Å²) in [5.74, 6) is 1.04. The quantitative estimate of drug-likeness (QED) is 0.577. The monoisotopic (exact) mass is 329 g/mol. The van der Waals surface area contributed by atoms with Gasteiger partial charge in [-0.25, -0.2) is 4.79 Å². The van der Waals surface area contributed by atoms with Crippen LogP contribution in [0.1, 0.15) is 28.3 Å². The first-order chi connectivity index (χ1) is 11.7. The first-order valence-corrected chi connectivity index (χ1v) is 8.25. The molecular weight excluding hydrogens is 310 g/mol. The fraction of sp³-hybridized carbons (Fsp3) is 0.500. The van der Waals surface area contributed by atoms with Gasteiger partial charge in [0, 0.05) is 25.6 Å². The van der Waals surface area contributed by atoms with Crippen molar-refractivity contribution in [2.45, 2.75) is 30.6 Å². The molecule has 1 aromatic rings. The maximum Gasteiger partial charge on any atom is 0.338 e. The molecule has 4 aliphatic rings. The zero-order valence-corrected chi connectivity index (χ0v) is 13.7. The van der Waals surface area contributed by atoms with E-state index in [-0.39, 0.29) is 36.9 Å². The molecule has 6 nitrogen and oxygen atoms in total. The Balaban J connectivity index is 1.70. The summed E-state index contributed by atoms with van der Waals surface area (Å²) >= 11 is 0. The largest absolute Gasteiger partial charge is 0.455 e. The number of fused-ring (bicyclic) bond motifs is 6. The number of rotatable bonds is 1. The van der Waals surface area contributed by atoms with Gasteiger partial charge in [0.05, 0.1) is 5.56 Å². The molecule has 1 unspecified atom stereocenters. The zero-order valence-electron chi connectivity index (χ0n) is 13.7. The van der Waals surface area contributed by atoms with Crippen LogP contribution in [0.2, 0.25) is 0 Å². The third-order valence-corrected chi connectivity index (χ3v) is 5.64. The van der Waals surface area contributed by atoms with Crippen LogP contribution in [0, 0.1) is 0 Å². The molecule has 0 aromatic heterocycles. The Kier molecular flexibility index (Phi) is 2.96. The highest BCUT2D eigenvalue weighted by atomic mass is 16.7. The van der Waals surface area contributed by atoms with E-state index in [1.165, 1.54) is 5.57 Å². The molecule has 4 atom stereocenters. The average Bonchev–Trinajstić information content (AvgIpc) is 3.19. The number of carbonyl (C=O) groups is 1. The predicted octanol–water partition coefficient (Wildman–Crippen LogP) is 1.70. The lowest BCUT2D eigenvalue weighted by atomic mass is 9.73. The van der Waals surface area contributed by atoms with E-state index < -0.39 is 0 Å².